The van der Waals surface area contributed by atoms with Gasteiger partial charge in [-0.05, 0) is 54.8 Å². The average Bonchev–Trinajstić information content (AvgIpc) is 2.74. The standard InChI is InChI=1S/C22H27NO4S2/c1-2-21(24)26-15-4-16-27-22(25)6-3-5-17-7-11-19(12-8-17)28-29-20-13-9-18(23)10-14-20/h7-14H,2-6,15-16,23H2,1H3. The summed E-state index contributed by atoms with van der Waals surface area (Å²) in [6, 6.07) is 16.2. The molecule has 0 aliphatic heterocycles. The number of nitrogens with two attached hydrogens (primary N) is 1. The third-order valence-electron chi connectivity index (χ3n) is 3.99. The van der Waals surface area contributed by atoms with Crippen LogP contribution in [0, 0.1) is 0 Å². The zero-order valence-corrected chi connectivity index (χ0v) is 18.2. The zero-order valence-electron chi connectivity index (χ0n) is 16.6. The summed E-state index contributed by atoms with van der Waals surface area (Å²) in [4.78, 5) is 25.1. The van der Waals surface area contributed by atoms with Gasteiger partial charge < -0.3 is 15.2 Å². The molecule has 0 radical (unpaired) electrons. The maximum absolute atomic E-state index is 11.7. The van der Waals surface area contributed by atoms with Gasteiger partial charge in [-0.2, -0.15) is 0 Å². The zero-order chi connectivity index (χ0) is 20.9. The summed E-state index contributed by atoms with van der Waals surface area (Å²) in [6.45, 7) is 2.32. The monoisotopic (exact) mass is 433 g/mol. The predicted molar refractivity (Wildman–Crippen MR) is 119 cm³/mol. The van der Waals surface area contributed by atoms with E-state index in [1.165, 1.54) is 10.5 Å². The molecule has 0 fully saturated rings. The number of aryl methyl sites for hydroxylation is 1. The Bertz CT molecular complexity index is 763. The first kappa shape index (κ1) is 23.2. The molecular weight excluding hydrogens is 406 g/mol. The Morgan fingerprint density at radius 1 is 0.828 bits per heavy atom. The second kappa shape index (κ2) is 13.2. The largest absolute Gasteiger partial charge is 0.466 e. The van der Waals surface area contributed by atoms with Gasteiger partial charge in [-0.1, -0.05) is 40.6 Å². The van der Waals surface area contributed by atoms with E-state index >= 15 is 0 Å². The van der Waals surface area contributed by atoms with Gasteiger partial charge >= 0.3 is 11.9 Å². The Hall–Kier alpha value is -2.12. The van der Waals surface area contributed by atoms with Crippen molar-refractivity contribution in [1.82, 2.24) is 0 Å². The van der Waals surface area contributed by atoms with Crippen LogP contribution >= 0.6 is 21.6 Å². The first-order chi connectivity index (χ1) is 14.1. The molecule has 0 saturated carbocycles. The summed E-state index contributed by atoms with van der Waals surface area (Å²) >= 11 is 0. The molecule has 0 spiro atoms. The third kappa shape index (κ3) is 9.76. The second-order valence-corrected chi connectivity index (χ2v) is 8.66. The summed E-state index contributed by atoms with van der Waals surface area (Å²) in [5.74, 6) is -0.441. The first-order valence-electron chi connectivity index (χ1n) is 9.67. The van der Waals surface area contributed by atoms with Gasteiger partial charge in [-0.25, -0.2) is 0 Å². The Kier molecular flexibility index (Phi) is 10.5. The lowest BCUT2D eigenvalue weighted by Crippen LogP contribution is -2.10. The number of carbonyl (C=O) groups excluding carboxylic acids is 2. The molecule has 0 saturated heterocycles. The van der Waals surface area contributed by atoms with Crippen molar-refractivity contribution in [2.75, 3.05) is 18.9 Å². The molecule has 0 aliphatic rings. The second-order valence-electron chi connectivity index (χ2n) is 6.38. The van der Waals surface area contributed by atoms with E-state index in [-0.39, 0.29) is 18.5 Å². The predicted octanol–water partition coefficient (Wildman–Crippen LogP) is 5.28. The lowest BCUT2D eigenvalue weighted by molar-refractivity contribution is -0.146. The molecule has 7 heteroatoms. The Morgan fingerprint density at radius 2 is 1.38 bits per heavy atom. The highest BCUT2D eigenvalue weighted by atomic mass is 33.1. The normalized spacial score (nSPS) is 10.5. The molecule has 156 valence electrons. The smallest absolute Gasteiger partial charge is 0.305 e. The number of anilines is 1. The van der Waals surface area contributed by atoms with Gasteiger partial charge in [0, 0.05) is 34.7 Å². The molecule has 5 nitrogen and oxygen atoms in total. The van der Waals surface area contributed by atoms with E-state index in [2.05, 4.69) is 24.3 Å². The minimum atomic E-state index is -0.232. The van der Waals surface area contributed by atoms with E-state index in [0.29, 0.717) is 25.9 Å². The fourth-order valence-electron chi connectivity index (χ4n) is 2.37. The highest BCUT2D eigenvalue weighted by Gasteiger charge is 2.05. The molecule has 0 aromatic heterocycles. The van der Waals surface area contributed by atoms with E-state index in [1.54, 1.807) is 28.5 Å². The number of ether oxygens (including phenoxy) is 2. The molecule has 0 amide bonds. The molecule has 0 heterocycles. The van der Waals surface area contributed by atoms with Gasteiger partial charge in [0.1, 0.15) is 0 Å². The minimum absolute atomic E-state index is 0.209. The van der Waals surface area contributed by atoms with Crippen molar-refractivity contribution >= 4 is 39.2 Å². The maximum Gasteiger partial charge on any atom is 0.305 e. The van der Waals surface area contributed by atoms with Crippen LogP contribution in [0.1, 0.15) is 38.2 Å². The third-order valence-corrected chi connectivity index (χ3v) is 6.40. The lowest BCUT2D eigenvalue weighted by atomic mass is 10.1. The lowest BCUT2D eigenvalue weighted by Gasteiger charge is -2.06. The van der Waals surface area contributed by atoms with Gasteiger partial charge in [0.25, 0.3) is 0 Å². The van der Waals surface area contributed by atoms with Crippen molar-refractivity contribution in [2.24, 2.45) is 0 Å². The van der Waals surface area contributed by atoms with Crippen LogP contribution in [-0.4, -0.2) is 25.2 Å². The van der Waals surface area contributed by atoms with Crippen LogP contribution in [-0.2, 0) is 25.5 Å². The van der Waals surface area contributed by atoms with E-state index < -0.39 is 0 Å². The number of hydrogen-bond acceptors (Lipinski definition) is 7. The maximum atomic E-state index is 11.7. The van der Waals surface area contributed by atoms with Crippen LogP contribution < -0.4 is 5.73 Å². The Labute approximate surface area is 180 Å². The molecule has 2 N–H and O–H groups in total. The van der Waals surface area contributed by atoms with Crippen molar-refractivity contribution in [1.29, 1.82) is 0 Å². The number of hydrogen-bond donors (Lipinski definition) is 1. The SMILES string of the molecule is CCC(=O)OCCCOC(=O)CCCc1ccc(SSc2ccc(N)cc2)cc1. The summed E-state index contributed by atoms with van der Waals surface area (Å²) in [5, 5.41) is 0. The van der Waals surface area contributed by atoms with Crippen molar-refractivity contribution < 1.29 is 19.1 Å². The van der Waals surface area contributed by atoms with Crippen molar-refractivity contribution in [2.45, 2.75) is 48.8 Å². The van der Waals surface area contributed by atoms with Gasteiger partial charge in [-0.15, -0.1) is 0 Å². The quantitative estimate of drug-likeness (QED) is 0.211. The number of esters is 2. The molecule has 0 unspecified atom stereocenters. The number of rotatable bonds is 12. The Balaban J connectivity index is 1.59. The molecule has 2 aromatic carbocycles. The van der Waals surface area contributed by atoms with Crippen LogP contribution in [0.25, 0.3) is 0 Å². The average molecular weight is 434 g/mol. The molecule has 2 rings (SSSR count). The number of benzene rings is 2. The van der Waals surface area contributed by atoms with E-state index in [4.69, 9.17) is 15.2 Å². The highest BCUT2D eigenvalue weighted by Crippen LogP contribution is 2.37. The van der Waals surface area contributed by atoms with Crippen molar-refractivity contribution in [3.63, 3.8) is 0 Å². The molecular formula is C22H27NO4S2. The summed E-state index contributed by atoms with van der Waals surface area (Å²) in [6.07, 6.45) is 2.86. The van der Waals surface area contributed by atoms with Gasteiger partial charge in [-0.3, -0.25) is 9.59 Å². The summed E-state index contributed by atoms with van der Waals surface area (Å²) < 4.78 is 10.1. The van der Waals surface area contributed by atoms with Crippen LogP contribution in [0.3, 0.4) is 0 Å². The topological polar surface area (TPSA) is 78.6 Å². The fourth-order valence-corrected chi connectivity index (χ4v) is 4.30. The summed E-state index contributed by atoms with van der Waals surface area (Å²) in [7, 11) is 3.40. The highest BCUT2D eigenvalue weighted by molar-refractivity contribution is 8.76. The molecule has 0 atom stereocenters. The van der Waals surface area contributed by atoms with E-state index in [9.17, 15) is 9.59 Å². The van der Waals surface area contributed by atoms with Gasteiger partial charge in [0.05, 0.1) is 13.2 Å². The van der Waals surface area contributed by atoms with Crippen LogP contribution in [0.5, 0.6) is 0 Å². The molecule has 29 heavy (non-hydrogen) atoms. The van der Waals surface area contributed by atoms with Crippen LogP contribution in [0.4, 0.5) is 5.69 Å². The van der Waals surface area contributed by atoms with Crippen LogP contribution in [0.15, 0.2) is 58.3 Å². The van der Waals surface area contributed by atoms with Gasteiger partial charge in [0.15, 0.2) is 0 Å². The number of carbonyl (C=O) groups is 2. The Morgan fingerprint density at radius 3 is 1.97 bits per heavy atom. The molecule has 0 bridgehead atoms. The van der Waals surface area contributed by atoms with E-state index in [0.717, 1.165) is 23.4 Å². The van der Waals surface area contributed by atoms with Crippen molar-refractivity contribution in [3.8, 4) is 0 Å². The van der Waals surface area contributed by atoms with Gasteiger partial charge in [0.2, 0.25) is 0 Å². The number of nitrogen functional groups attached to an aromatic ring is 1. The fraction of sp³-hybridized carbons (Fsp3) is 0.364. The first-order valence-corrected chi connectivity index (χ1v) is 11.8. The minimum Gasteiger partial charge on any atom is -0.466 e. The van der Waals surface area contributed by atoms with E-state index in [1.807, 2.05) is 24.3 Å². The van der Waals surface area contributed by atoms with Crippen molar-refractivity contribution in [3.05, 3.63) is 54.1 Å². The summed E-state index contributed by atoms with van der Waals surface area (Å²) in [5.41, 5.74) is 7.67. The molecule has 0 aliphatic carbocycles. The van der Waals surface area contributed by atoms with Crippen LogP contribution in [0.2, 0.25) is 0 Å². The molecule has 2 aromatic rings.